The molecule has 1 fully saturated rings. The molecule has 1 aromatic rings. The number of anilines is 1. The number of carbonyl (C=O) groups is 1. The van der Waals surface area contributed by atoms with Gasteiger partial charge in [0.05, 0.1) is 4.92 Å². The van der Waals surface area contributed by atoms with E-state index in [1.54, 1.807) is 7.11 Å². The minimum Gasteiger partial charge on any atom is -0.393 e. The molecule has 0 radical (unpaired) electrons. The van der Waals surface area contributed by atoms with Gasteiger partial charge in [0.1, 0.15) is 5.69 Å². The highest BCUT2D eigenvalue weighted by Gasteiger charge is 2.42. The van der Waals surface area contributed by atoms with Gasteiger partial charge in [-0.2, -0.15) is 0 Å². The van der Waals surface area contributed by atoms with Crippen molar-refractivity contribution in [1.82, 2.24) is 5.32 Å². The predicted molar refractivity (Wildman–Crippen MR) is 78.0 cm³/mol. The zero-order valence-electron chi connectivity index (χ0n) is 11.9. The van der Waals surface area contributed by atoms with Gasteiger partial charge in [0.25, 0.3) is 11.6 Å². The fraction of sp³-hybridized carbons (Fsp3) is 0.500. The molecular weight excluding hydrogens is 274 g/mol. The molecule has 21 heavy (non-hydrogen) atoms. The third-order valence-corrected chi connectivity index (χ3v) is 3.91. The van der Waals surface area contributed by atoms with Crippen LogP contribution in [-0.2, 0) is 4.74 Å². The Labute approximate surface area is 122 Å². The predicted octanol–water partition coefficient (Wildman–Crippen LogP) is 1.72. The molecule has 2 rings (SSSR count). The number of nitrogens with one attached hydrogen (secondary N) is 1. The lowest BCUT2D eigenvalue weighted by Crippen LogP contribution is -2.30. The number of hydrogen-bond donors (Lipinski definition) is 2. The lowest BCUT2D eigenvalue weighted by molar-refractivity contribution is -0.383. The van der Waals surface area contributed by atoms with Gasteiger partial charge in [0.2, 0.25) is 0 Å². The first-order valence-electron chi connectivity index (χ1n) is 6.78. The standard InChI is InChI=1S/C14H19N3O4/c1-21-7-6-14(4-5-14)9-16-13(18)10-2-3-11(15)12(8-10)17(19)20/h2-3,8H,4-7,9,15H2,1H3,(H,16,18). The third-order valence-electron chi connectivity index (χ3n) is 3.91. The molecule has 0 aromatic heterocycles. The van der Waals surface area contributed by atoms with Crippen LogP contribution in [0, 0.1) is 15.5 Å². The topological polar surface area (TPSA) is 107 Å². The molecule has 0 spiro atoms. The second-order valence-electron chi connectivity index (χ2n) is 5.46. The summed E-state index contributed by atoms with van der Waals surface area (Å²) in [6.07, 6.45) is 3.04. The average molecular weight is 293 g/mol. The molecule has 1 aliphatic carbocycles. The summed E-state index contributed by atoms with van der Waals surface area (Å²) in [7, 11) is 1.65. The molecule has 114 valence electrons. The van der Waals surface area contributed by atoms with Gasteiger partial charge in [-0.1, -0.05) is 0 Å². The summed E-state index contributed by atoms with van der Waals surface area (Å²) in [5.74, 6) is -0.318. The number of nitrogens with zero attached hydrogens (tertiary/aromatic N) is 1. The van der Waals surface area contributed by atoms with E-state index in [-0.39, 0.29) is 28.3 Å². The van der Waals surface area contributed by atoms with Crippen molar-refractivity contribution < 1.29 is 14.5 Å². The van der Waals surface area contributed by atoms with Crippen LogP contribution in [0.15, 0.2) is 18.2 Å². The van der Waals surface area contributed by atoms with Crippen LogP contribution in [0.2, 0.25) is 0 Å². The van der Waals surface area contributed by atoms with E-state index in [4.69, 9.17) is 10.5 Å². The van der Waals surface area contributed by atoms with Crippen molar-refractivity contribution in [3.63, 3.8) is 0 Å². The third kappa shape index (κ3) is 3.69. The van der Waals surface area contributed by atoms with Gasteiger partial charge in [-0.25, -0.2) is 0 Å². The molecule has 1 aromatic carbocycles. The summed E-state index contributed by atoms with van der Waals surface area (Å²) in [6, 6.07) is 4.08. The number of carbonyl (C=O) groups excluding carboxylic acids is 1. The highest BCUT2D eigenvalue weighted by molar-refractivity contribution is 5.95. The first-order chi connectivity index (χ1) is 9.97. The summed E-state index contributed by atoms with van der Waals surface area (Å²) >= 11 is 0. The van der Waals surface area contributed by atoms with Gasteiger partial charge >= 0.3 is 0 Å². The smallest absolute Gasteiger partial charge is 0.292 e. The van der Waals surface area contributed by atoms with Gasteiger partial charge < -0.3 is 15.8 Å². The minimum absolute atomic E-state index is 0.0512. The highest BCUT2D eigenvalue weighted by Crippen LogP contribution is 2.48. The van der Waals surface area contributed by atoms with Crippen molar-refractivity contribution >= 4 is 17.3 Å². The SMILES string of the molecule is COCCC1(CNC(=O)c2ccc(N)c([N+](=O)[O-])c2)CC1. The molecule has 0 aliphatic heterocycles. The average Bonchev–Trinajstić information content (AvgIpc) is 3.23. The maximum Gasteiger partial charge on any atom is 0.292 e. The van der Waals surface area contributed by atoms with Crippen LogP contribution >= 0.6 is 0 Å². The summed E-state index contributed by atoms with van der Waals surface area (Å²) in [4.78, 5) is 22.3. The quantitative estimate of drug-likeness (QED) is 0.452. The second kappa shape index (κ2) is 6.09. The molecule has 0 saturated heterocycles. The van der Waals surface area contributed by atoms with E-state index in [1.807, 2.05) is 0 Å². The number of hydrogen-bond acceptors (Lipinski definition) is 5. The molecule has 7 nitrogen and oxygen atoms in total. The highest BCUT2D eigenvalue weighted by atomic mass is 16.6. The van der Waals surface area contributed by atoms with Gasteiger partial charge in [-0.3, -0.25) is 14.9 Å². The van der Waals surface area contributed by atoms with Crippen LogP contribution in [-0.4, -0.2) is 31.1 Å². The Morgan fingerprint density at radius 1 is 1.52 bits per heavy atom. The number of amides is 1. The number of methoxy groups -OCH3 is 1. The van der Waals surface area contributed by atoms with E-state index in [1.165, 1.54) is 18.2 Å². The molecule has 0 atom stereocenters. The fourth-order valence-electron chi connectivity index (χ4n) is 2.22. The summed E-state index contributed by atoms with van der Waals surface area (Å²) in [6.45, 7) is 1.23. The molecule has 7 heteroatoms. The van der Waals surface area contributed by atoms with E-state index < -0.39 is 4.92 Å². The van der Waals surface area contributed by atoms with Crippen LogP contribution < -0.4 is 11.1 Å². The Balaban J connectivity index is 1.98. The van der Waals surface area contributed by atoms with Crippen LogP contribution in [0.3, 0.4) is 0 Å². The lowest BCUT2D eigenvalue weighted by atomic mass is 10.0. The van der Waals surface area contributed by atoms with Crippen LogP contribution in [0.4, 0.5) is 11.4 Å². The monoisotopic (exact) mass is 293 g/mol. The summed E-state index contributed by atoms with van der Waals surface area (Å²) in [5.41, 5.74) is 5.69. The Bertz CT molecular complexity index is 555. The Kier molecular flexibility index (Phi) is 4.42. The molecule has 0 heterocycles. The van der Waals surface area contributed by atoms with E-state index in [0.717, 1.165) is 19.3 Å². The number of nitrogens with two attached hydrogens (primary N) is 1. The van der Waals surface area contributed by atoms with Crippen molar-refractivity contribution in [2.45, 2.75) is 19.3 Å². The van der Waals surface area contributed by atoms with E-state index in [0.29, 0.717) is 13.2 Å². The number of nitro groups is 1. The number of rotatable bonds is 7. The number of ether oxygens (including phenoxy) is 1. The zero-order chi connectivity index (χ0) is 15.5. The van der Waals surface area contributed by atoms with E-state index in [2.05, 4.69) is 5.32 Å². The van der Waals surface area contributed by atoms with Gasteiger partial charge in [-0.05, 0) is 36.8 Å². The van der Waals surface area contributed by atoms with Gasteiger partial charge in [0, 0.05) is 31.9 Å². The normalized spacial score (nSPS) is 15.5. The number of benzene rings is 1. The maximum atomic E-state index is 12.1. The van der Waals surface area contributed by atoms with Crippen molar-refractivity contribution in [1.29, 1.82) is 0 Å². The van der Waals surface area contributed by atoms with Crippen molar-refractivity contribution in [2.75, 3.05) is 26.0 Å². The maximum absolute atomic E-state index is 12.1. The van der Waals surface area contributed by atoms with E-state index in [9.17, 15) is 14.9 Å². The van der Waals surface area contributed by atoms with Crippen LogP contribution in [0.5, 0.6) is 0 Å². The summed E-state index contributed by atoms with van der Waals surface area (Å²) < 4.78 is 5.06. The fourth-order valence-corrected chi connectivity index (χ4v) is 2.22. The summed E-state index contributed by atoms with van der Waals surface area (Å²) in [5, 5.41) is 13.7. The molecule has 0 bridgehead atoms. The molecule has 1 saturated carbocycles. The number of nitro benzene ring substituents is 1. The second-order valence-corrected chi connectivity index (χ2v) is 5.46. The van der Waals surface area contributed by atoms with Crippen LogP contribution in [0.25, 0.3) is 0 Å². The Morgan fingerprint density at radius 3 is 2.81 bits per heavy atom. The molecule has 1 amide bonds. The minimum atomic E-state index is -0.590. The lowest BCUT2D eigenvalue weighted by Gasteiger charge is -2.15. The molecule has 0 unspecified atom stereocenters. The van der Waals surface area contributed by atoms with Gasteiger partial charge in [-0.15, -0.1) is 0 Å². The van der Waals surface area contributed by atoms with E-state index >= 15 is 0 Å². The van der Waals surface area contributed by atoms with Crippen molar-refractivity contribution in [3.05, 3.63) is 33.9 Å². The van der Waals surface area contributed by atoms with Crippen LogP contribution in [0.1, 0.15) is 29.6 Å². The Hall–Kier alpha value is -2.15. The molecule has 3 N–H and O–H groups in total. The van der Waals surface area contributed by atoms with Gasteiger partial charge in [0.15, 0.2) is 0 Å². The van der Waals surface area contributed by atoms with Crippen molar-refractivity contribution in [3.8, 4) is 0 Å². The Morgan fingerprint density at radius 2 is 2.24 bits per heavy atom. The molecule has 1 aliphatic rings. The largest absolute Gasteiger partial charge is 0.393 e. The molecular formula is C14H19N3O4. The zero-order valence-corrected chi connectivity index (χ0v) is 11.9. The first-order valence-corrected chi connectivity index (χ1v) is 6.78. The number of nitrogen functional groups attached to an aromatic ring is 1. The first kappa shape index (κ1) is 15.2. The van der Waals surface area contributed by atoms with Crippen molar-refractivity contribution in [2.24, 2.45) is 5.41 Å².